The van der Waals surface area contributed by atoms with Gasteiger partial charge >= 0.3 is 12.3 Å². The molecule has 0 aromatic heterocycles. The lowest BCUT2D eigenvalue weighted by atomic mass is 10.9. The van der Waals surface area contributed by atoms with Crippen LogP contribution in [0.4, 0.5) is 4.79 Å². The summed E-state index contributed by atoms with van der Waals surface area (Å²) in [6.45, 7) is 0. The van der Waals surface area contributed by atoms with Crippen molar-refractivity contribution >= 4 is 6.03 Å². The minimum atomic E-state index is -1.38. The molecule has 0 fully saturated rings. The van der Waals surface area contributed by atoms with Gasteiger partial charge in [0.25, 0.3) is 0 Å². The van der Waals surface area contributed by atoms with Crippen LogP contribution in [0.2, 0.25) is 0 Å². The Labute approximate surface area is 48.9 Å². The molecule has 0 radical (unpaired) electrons. The summed E-state index contributed by atoms with van der Waals surface area (Å²) in [5, 5.41) is 17.5. The molecule has 1 unspecified atom stereocenters. The normalized spacial score (nSPS) is 24.0. The standard InChI is InChI=1S/C2H2N4O3/c7-2-3-1(4-5-2)6(8)9/h1H,(H,3,7). The fraction of sp³-hybridized carbons (Fsp3) is 0.500. The van der Waals surface area contributed by atoms with Gasteiger partial charge in [-0.2, -0.15) is 0 Å². The Morgan fingerprint density at radius 2 is 2.44 bits per heavy atom. The van der Waals surface area contributed by atoms with Crippen molar-refractivity contribution in [2.75, 3.05) is 0 Å². The van der Waals surface area contributed by atoms with Crippen molar-refractivity contribution in [3.63, 3.8) is 0 Å². The average Bonchev–Trinajstić information content (AvgIpc) is 2.14. The lowest BCUT2D eigenvalue weighted by Crippen LogP contribution is -2.32. The van der Waals surface area contributed by atoms with Gasteiger partial charge in [0.1, 0.15) is 0 Å². The molecule has 2 amide bonds. The van der Waals surface area contributed by atoms with Gasteiger partial charge in [-0.1, -0.05) is 10.2 Å². The molecule has 9 heavy (non-hydrogen) atoms. The maximum absolute atomic E-state index is 10.1. The van der Waals surface area contributed by atoms with Crippen LogP contribution in [0.3, 0.4) is 0 Å². The summed E-state index contributed by atoms with van der Waals surface area (Å²) in [6.07, 6.45) is -1.38. The van der Waals surface area contributed by atoms with Crippen molar-refractivity contribution in [1.29, 1.82) is 0 Å². The molecule has 1 heterocycles. The first-order chi connectivity index (χ1) is 4.20. The van der Waals surface area contributed by atoms with Crippen molar-refractivity contribution < 1.29 is 9.72 Å². The summed E-state index contributed by atoms with van der Waals surface area (Å²) in [6, 6.07) is -0.767. The minimum absolute atomic E-state index is 0.742. The molecule has 0 aromatic rings. The molecule has 0 bridgehead atoms. The van der Waals surface area contributed by atoms with Gasteiger partial charge in [-0.3, -0.25) is 15.4 Å². The van der Waals surface area contributed by atoms with Gasteiger partial charge in [-0.15, -0.1) is 0 Å². The van der Waals surface area contributed by atoms with Crippen molar-refractivity contribution in [3.05, 3.63) is 10.1 Å². The topological polar surface area (TPSA) is 97.0 Å². The molecular formula is C2H2N4O3. The lowest BCUT2D eigenvalue weighted by Gasteiger charge is -1.92. The van der Waals surface area contributed by atoms with E-state index in [2.05, 4.69) is 10.2 Å². The van der Waals surface area contributed by atoms with Crippen molar-refractivity contribution in [3.8, 4) is 0 Å². The van der Waals surface area contributed by atoms with Crippen LogP contribution in [-0.4, -0.2) is 17.2 Å². The zero-order valence-corrected chi connectivity index (χ0v) is 4.14. The summed E-state index contributed by atoms with van der Waals surface area (Å²) in [5.74, 6) is 0. The SMILES string of the molecule is O=C1N=NC([N+](=O)[O-])N1. The van der Waals surface area contributed by atoms with E-state index in [1.165, 1.54) is 0 Å². The molecular weight excluding hydrogens is 128 g/mol. The van der Waals surface area contributed by atoms with Crippen LogP contribution < -0.4 is 5.32 Å². The Balaban J connectivity index is 2.60. The first kappa shape index (κ1) is 5.60. The first-order valence-electron chi connectivity index (χ1n) is 2.05. The Hall–Kier alpha value is -1.53. The van der Waals surface area contributed by atoms with Gasteiger partial charge in [0.05, 0.1) is 4.92 Å². The number of carbonyl (C=O) groups is 1. The van der Waals surface area contributed by atoms with Crippen LogP contribution >= 0.6 is 0 Å². The monoisotopic (exact) mass is 130 g/mol. The molecule has 1 N–H and O–H groups in total. The van der Waals surface area contributed by atoms with E-state index in [1.807, 2.05) is 5.32 Å². The third-order valence-corrected chi connectivity index (χ3v) is 0.710. The molecule has 1 rings (SSSR count). The lowest BCUT2D eigenvalue weighted by molar-refractivity contribution is -0.524. The Kier molecular flexibility index (Phi) is 1.10. The van der Waals surface area contributed by atoms with Crippen molar-refractivity contribution in [1.82, 2.24) is 5.32 Å². The summed E-state index contributed by atoms with van der Waals surface area (Å²) in [4.78, 5) is 19.1. The van der Waals surface area contributed by atoms with Gasteiger partial charge in [0.15, 0.2) is 0 Å². The van der Waals surface area contributed by atoms with Gasteiger partial charge in [0.2, 0.25) is 0 Å². The fourth-order valence-electron chi connectivity index (χ4n) is 0.370. The van der Waals surface area contributed by atoms with E-state index < -0.39 is 17.2 Å². The van der Waals surface area contributed by atoms with Gasteiger partial charge in [-0.25, -0.2) is 4.79 Å². The Morgan fingerprint density at radius 1 is 1.78 bits per heavy atom. The van der Waals surface area contributed by atoms with Crippen molar-refractivity contribution in [2.45, 2.75) is 6.29 Å². The fourth-order valence-corrected chi connectivity index (χ4v) is 0.370. The summed E-state index contributed by atoms with van der Waals surface area (Å²) in [7, 11) is 0. The van der Waals surface area contributed by atoms with Crippen LogP contribution in [0.15, 0.2) is 10.2 Å². The van der Waals surface area contributed by atoms with Crippen molar-refractivity contribution in [2.24, 2.45) is 10.2 Å². The maximum Gasteiger partial charge on any atom is 0.403 e. The van der Waals surface area contributed by atoms with Crippen LogP contribution in [0.5, 0.6) is 0 Å². The van der Waals surface area contributed by atoms with E-state index >= 15 is 0 Å². The predicted octanol–water partition coefficient (Wildman–Crippen LogP) is -0.278. The predicted molar refractivity (Wildman–Crippen MR) is 24.2 cm³/mol. The largest absolute Gasteiger partial charge is 0.403 e. The Bertz CT molecular complexity index is 186. The number of rotatable bonds is 1. The van der Waals surface area contributed by atoms with E-state index in [0.29, 0.717) is 0 Å². The molecule has 0 saturated carbocycles. The maximum atomic E-state index is 10.1. The second-order valence-corrected chi connectivity index (χ2v) is 1.32. The smallest absolute Gasteiger partial charge is 0.261 e. The molecule has 1 aliphatic rings. The van der Waals surface area contributed by atoms with Gasteiger partial charge < -0.3 is 0 Å². The molecule has 7 nitrogen and oxygen atoms in total. The summed E-state index contributed by atoms with van der Waals surface area (Å²) in [5.41, 5.74) is 0. The van der Waals surface area contributed by atoms with E-state index in [0.717, 1.165) is 0 Å². The highest BCUT2D eigenvalue weighted by atomic mass is 16.6. The highest BCUT2D eigenvalue weighted by Crippen LogP contribution is 1.97. The van der Waals surface area contributed by atoms with Gasteiger partial charge in [-0.05, 0) is 0 Å². The van der Waals surface area contributed by atoms with Crippen LogP contribution in [0.1, 0.15) is 0 Å². The summed E-state index contributed by atoms with van der Waals surface area (Å²) >= 11 is 0. The highest BCUT2D eigenvalue weighted by Gasteiger charge is 2.26. The number of nitrogens with zero attached hydrogens (tertiary/aromatic N) is 3. The molecule has 0 saturated heterocycles. The van der Waals surface area contributed by atoms with Crippen LogP contribution in [0, 0.1) is 10.1 Å². The zero-order chi connectivity index (χ0) is 6.85. The molecule has 7 heteroatoms. The second kappa shape index (κ2) is 1.77. The zero-order valence-electron chi connectivity index (χ0n) is 4.14. The minimum Gasteiger partial charge on any atom is -0.261 e. The Morgan fingerprint density at radius 3 is 2.67 bits per heavy atom. The molecule has 1 aliphatic heterocycles. The van der Waals surface area contributed by atoms with E-state index in [-0.39, 0.29) is 0 Å². The van der Waals surface area contributed by atoms with E-state index in [4.69, 9.17) is 0 Å². The van der Waals surface area contributed by atoms with E-state index in [1.54, 1.807) is 0 Å². The number of carbonyl (C=O) groups excluding carboxylic acids is 1. The molecule has 0 spiro atoms. The molecule has 48 valence electrons. The average molecular weight is 130 g/mol. The number of amides is 2. The third-order valence-electron chi connectivity index (χ3n) is 0.710. The van der Waals surface area contributed by atoms with Crippen LogP contribution in [0.25, 0.3) is 0 Å². The first-order valence-corrected chi connectivity index (χ1v) is 2.05. The summed E-state index contributed by atoms with van der Waals surface area (Å²) < 4.78 is 0. The number of nitrogens with one attached hydrogen (secondary N) is 1. The van der Waals surface area contributed by atoms with Gasteiger partial charge in [0, 0.05) is 0 Å². The molecule has 1 atom stereocenters. The molecule has 0 aromatic carbocycles. The number of nitro groups is 1. The number of urea groups is 1. The van der Waals surface area contributed by atoms with E-state index in [9.17, 15) is 14.9 Å². The second-order valence-electron chi connectivity index (χ2n) is 1.32. The quantitative estimate of drug-likeness (QED) is 0.390. The number of hydrogen-bond donors (Lipinski definition) is 1. The number of hydrogen-bond acceptors (Lipinski definition) is 4. The third kappa shape index (κ3) is 0.983. The molecule has 0 aliphatic carbocycles. The highest BCUT2D eigenvalue weighted by molar-refractivity contribution is 5.75. The number of azo groups is 1. The van der Waals surface area contributed by atoms with Crippen LogP contribution in [-0.2, 0) is 0 Å².